The summed E-state index contributed by atoms with van der Waals surface area (Å²) in [7, 11) is 0. The number of benzene rings is 4. The number of rotatable bonds is 2. The lowest BCUT2D eigenvalue weighted by molar-refractivity contribution is 0.162. The van der Waals surface area contributed by atoms with Gasteiger partial charge in [0.25, 0.3) is 0 Å². The van der Waals surface area contributed by atoms with Crippen LogP contribution in [0.25, 0.3) is 27.6 Å². The molecule has 0 radical (unpaired) electrons. The molecule has 206 valence electrons. The Bertz CT molecular complexity index is 1310. The van der Waals surface area contributed by atoms with Crippen molar-refractivity contribution in [2.45, 2.75) is 20.3 Å². The zero-order valence-corrected chi connectivity index (χ0v) is 22.4. The van der Waals surface area contributed by atoms with Gasteiger partial charge in [0.2, 0.25) is 24.3 Å². The number of nitrogens with one attached hydrogen (secondary N) is 4. The first kappa shape index (κ1) is 36.8. The van der Waals surface area contributed by atoms with Crippen molar-refractivity contribution < 1.29 is 23.9 Å². The van der Waals surface area contributed by atoms with E-state index in [4.69, 9.17) is 45.6 Å². The lowest BCUT2D eigenvalue weighted by atomic mass is 9.93. The maximum atomic E-state index is 8.35. The van der Waals surface area contributed by atoms with Crippen LogP contribution in [0.1, 0.15) is 25.0 Å². The third-order valence-electron chi connectivity index (χ3n) is 4.73. The molecule has 4 N–H and O–H groups in total. The summed E-state index contributed by atoms with van der Waals surface area (Å²) in [5.74, 6) is 0. The Kier molecular flexibility index (Phi) is 24.5. The van der Waals surface area contributed by atoms with Crippen molar-refractivity contribution in [1.29, 1.82) is 21.6 Å². The summed E-state index contributed by atoms with van der Waals surface area (Å²) in [4.78, 5) is 33.4. The maximum Gasteiger partial charge on any atom is 0.231 e. The van der Waals surface area contributed by atoms with Crippen molar-refractivity contribution in [2.75, 3.05) is 13.2 Å². The second kappa shape index (κ2) is 26.7. The quantitative estimate of drug-likeness (QED) is 0.160. The zero-order chi connectivity index (χ0) is 30.4. The van der Waals surface area contributed by atoms with Crippen LogP contribution in [0.15, 0.2) is 91.0 Å². The molecule has 9 heteroatoms. The lowest BCUT2D eigenvalue weighted by Crippen LogP contribution is -1.91. The summed E-state index contributed by atoms with van der Waals surface area (Å²) in [6, 6.07) is 29.7. The number of ether oxygens (including phenoxy) is 1. The fraction of sp³-hybridized carbons (Fsp3) is 0.161. The number of hydrogen-bond donors (Lipinski definition) is 4. The third-order valence-corrected chi connectivity index (χ3v) is 4.73. The highest BCUT2D eigenvalue weighted by molar-refractivity contribution is 5.94. The normalized spacial score (nSPS) is 8.75. The average molecular weight is 541 g/mol. The molecule has 5 rings (SSSR count). The Morgan fingerprint density at radius 2 is 0.975 bits per heavy atom. The molecule has 0 saturated carbocycles. The van der Waals surface area contributed by atoms with Crippen LogP contribution in [0, 0.1) is 21.6 Å². The Balaban J connectivity index is 0. The van der Waals surface area contributed by atoms with Gasteiger partial charge in [-0.05, 0) is 52.9 Å². The van der Waals surface area contributed by atoms with E-state index in [2.05, 4.69) is 97.1 Å². The van der Waals surface area contributed by atoms with Crippen LogP contribution in [-0.2, 0) is 30.3 Å². The highest BCUT2D eigenvalue weighted by Crippen LogP contribution is 2.27. The number of isocyanates is 4. The second-order valence-electron chi connectivity index (χ2n) is 7.01. The smallest absolute Gasteiger partial charge is 0.231 e. The summed E-state index contributed by atoms with van der Waals surface area (Å²) in [5, 5.41) is 27.0. The molecule has 0 aromatic heterocycles. The van der Waals surface area contributed by atoms with Crippen molar-refractivity contribution in [3.8, 4) is 0 Å². The number of hydrogen-bond acceptors (Lipinski definition) is 9. The van der Waals surface area contributed by atoms with Crippen molar-refractivity contribution >= 4 is 51.9 Å². The van der Waals surface area contributed by atoms with E-state index >= 15 is 0 Å². The van der Waals surface area contributed by atoms with Crippen molar-refractivity contribution in [3.05, 3.63) is 102 Å². The van der Waals surface area contributed by atoms with Gasteiger partial charge in [-0.1, -0.05) is 97.1 Å². The molecular formula is C31H32N4O5. The molecule has 0 aliphatic heterocycles. The molecule has 0 unspecified atom stereocenters. The van der Waals surface area contributed by atoms with E-state index < -0.39 is 0 Å². The molecule has 0 spiro atoms. The fourth-order valence-corrected chi connectivity index (χ4v) is 3.41. The molecule has 4 aromatic carbocycles. The first-order chi connectivity index (χ1) is 19.5. The van der Waals surface area contributed by atoms with E-state index in [0.29, 0.717) is 0 Å². The number of carbonyl (C=O) groups excluding carboxylic acids is 4. The summed E-state index contributed by atoms with van der Waals surface area (Å²) in [6.07, 6.45) is 8.53. The molecule has 1 aliphatic rings. The largest absolute Gasteiger partial charge is 0.382 e. The van der Waals surface area contributed by atoms with Gasteiger partial charge in [-0.2, -0.15) is 0 Å². The molecule has 1 aliphatic carbocycles. The van der Waals surface area contributed by atoms with Gasteiger partial charge in [0.1, 0.15) is 0 Å². The summed E-state index contributed by atoms with van der Waals surface area (Å²) in [6.45, 7) is 5.67. The Labute approximate surface area is 233 Å². The van der Waals surface area contributed by atoms with E-state index in [9.17, 15) is 0 Å². The van der Waals surface area contributed by atoms with Crippen LogP contribution >= 0.6 is 0 Å². The molecule has 0 saturated heterocycles. The summed E-state index contributed by atoms with van der Waals surface area (Å²) < 4.78 is 4.83. The molecule has 40 heavy (non-hydrogen) atoms. The Morgan fingerprint density at radius 1 is 0.600 bits per heavy atom. The maximum absolute atomic E-state index is 8.35. The molecule has 0 bridgehead atoms. The van der Waals surface area contributed by atoms with Crippen LogP contribution in [-0.4, -0.2) is 37.5 Å². The van der Waals surface area contributed by atoms with Gasteiger partial charge in [-0.3, -0.25) is 0 Å². The molecule has 9 nitrogen and oxygen atoms in total. The van der Waals surface area contributed by atoms with E-state index in [1.165, 1.54) is 32.7 Å². The second-order valence-corrected chi connectivity index (χ2v) is 7.01. The fourth-order valence-electron chi connectivity index (χ4n) is 3.41. The molecular weight excluding hydrogens is 508 g/mol. The summed E-state index contributed by atoms with van der Waals surface area (Å²) in [5.41, 5.74) is 2.81. The predicted molar refractivity (Wildman–Crippen MR) is 156 cm³/mol. The van der Waals surface area contributed by atoms with Gasteiger partial charge in [-0.25, -0.2) is 40.8 Å². The van der Waals surface area contributed by atoms with Gasteiger partial charge in [0.15, 0.2) is 0 Å². The predicted octanol–water partition coefficient (Wildman–Crippen LogP) is 6.90. The van der Waals surface area contributed by atoms with Gasteiger partial charge in [-0.15, -0.1) is 0 Å². The number of fused-ring (bicyclic) bond motifs is 1. The van der Waals surface area contributed by atoms with Gasteiger partial charge in [0.05, 0.1) is 0 Å². The average Bonchev–Trinajstić information content (AvgIpc) is 2.97. The van der Waals surface area contributed by atoms with Crippen molar-refractivity contribution in [1.82, 2.24) is 0 Å². The highest BCUT2D eigenvalue weighted by atomic mass is 16.5. The van der Waals surface area contributed by atoms with Gasteiger partial charge >= 0.3 is 0 Å². The van der Waals surface area contributed by atoms with Crippen LogP contribution in [0.4, 0.5) is 0 Å². The van der Waals surface area contributed by atoms with E-state index in [1.807, 2.05) is 13.8 Å². The van der Waals surface area contributed by atoms with Crippen LogP contribution < -0.4 is 0 Å². The van der Waals surface area contributed by atoms with Crippen LogP contribution in [0.3, 0.4) is 0 Å². The Hall–Kier alpha value is -5.38. The van der Waals surface area contributed by atoms with E-state index in [-0.39, 0.29) is 0 Å². The monoisotopic (exact) mass is 540 g/mol. The standard InChI is InChI=1S/C13H10.C10H8.C4H10O.4CHNO/c1-4-10-6-2-8-12-9-3-7-11(5-1)13(10)12;1-2-6-10-8-4-3-7-9(10)5-1;1-3-5-4-2;4*2-1-3/h1-8H,9H2;1-8H;3-4H2,1-2H3;4*2H. The molecule has 4 aromatic rings. The first-order valence-electron chi connectivity index (χ1n) is 11.8. The van der Waals surface area contributed by atoms with Gasteiger partial charge in [0, 0.05) is 13.2 Å². The van der Waals surface area contributed by atoms with E-state index in [1.54, 1.807) is 0 Å². The zero-order valence-electron chi connectivity index (χ0n) is 22.4. The topological polar surface area (TPSA) is 173 Å². The molecule has 0 amide bonds. The molecule has 0 fully saturated rings. The third kappa shape index (κ3) is 16.4. The minimum atomic E-state index is 0.750. The Morgan fingerprint density at radius 3 is 1.35 bits per heavy atom. The van der Waals surface area contributed by atoms with Crippen molar-refractivity contribution in [3.63, 3.8) is 0 Å². The molecule has 0 atom stereocenters. The minimum Gasteiger partial charge on any atom is -0.382 e. The van der Waals surface area contributed by atoms with Crippen LogP contribution in [0.5, 0.6) is 0 Å². The highest BCUT2D eigenvalue weighted by Gasteiger charge is 2.06. The van der Waals surface area contributed by atoms with Crippen LogP contribution in [0.2, 0.25) is 0 Å². The SMILES string of the molecule is C1=Cc2cccc3cccc(c23)C1.CCOCC.N=C=O.N=C=O.N=C=O.N=C=O.c1ccc2ccccc2c1. The number of allylic oxidation sites excluding steroid dienone is 1. The molecule has 0 heterocycles. The summed E-state index contributed by atoms with van der Waals surface area (Å²) >= 11 is 0. The van der Waals surface area contributed by atoms with Gasteiger partial charge < -0.3 is 4.74 Å². The van der Waals surface area contributed by atoms with Crippen molar-refractivity contribution in [2.24, 2.45) is 0 Å². The lowest BCUT2D eigenvalue weighted by Gasteiger charge is -2.11. The van der Waals surface area contributed by atoms with E-state index in [0.717, 1.165) is 44.0 Å². The minimum absolute atomic E-state index is 0.750. The first-order valence-corrected chi connectivity index (χ1v) is 11.8.